The van der Waals surface area contributed by atoms with E-state index in [2.05, 4.69) is 13.8 Å². The van der Waals surface area contributed by atoms with E-state index in [9.17, 15) is 9.59 Å². The van der Waals surface area contributed by atoms with Crippen molar-refractivity contribution in [1.29, 1.82) is 0 Å². The third-order valence-corrected chi connectivity index (χ3v) is 3.97. The van der Waals surface area contributed by atoms with Crippen LogP contribution in [0, 0.1) is 10.8 Å². The highest BCUT2D eigenvalue weighted by Crippen LogP contribution is 2.48. The van der Waals surface area contributed by atoms with Crippen molar-refractivity contribution in [1.82, 2.24) is 0 Å². The summed E-state index contributed by atoms with van der Waals surface area (Å²) in [5.74, 6) is -0.280. The van der Waals surface area contributed by atoms with E-state index in [0.717, 1.165) is 12.0 Å². The van der Waals surface area contributed by atoms with Gasteiger partial charge in [-0.1, -0.05) is 25.5 Å². The number of hydrogen-bond donors (Lipinski definition) is 0. The number of allylic oxidation sites excluding steroid dienone is 3. The van der Waals surface area contributed by atoms with Gasteiger partial charge in [-0.05, 0) is 51.5 Å². The Kier molecular flexibility index (Phi) is 5.98. The first-order valence-electron chi connectivity index (χ1n) is 7.85. The van der Waals surface area contributed by atoms with E-state index >= 15 is 0 Å². The van der Waals surface area contributed by atoms with Crippen molar-refractivity contribution in [3.8, 4) is 0 Å². The monoisotopic (exact) mass is 308 g/mol. The third-order valence-electron chi connectivity index (χ3n) is 3.97. The molecular formula is C18H28O4. The Hall–Kier alpha value is -1.58. The van der Waals surface area contributed by atoms with E-state index in [4.69, 9.17) is 9.47 Å². The van der Waals surface area contributed by atoms with Gasteiger partial charge in [0.1, 0.15) is 11.2 Å². The minimum absolute atomic E-state index is 0.105. The van der Waals surface area contributed by atoms with Crippen molar-refractivity contribution in [2.75, 3.05) is 6.61 Å². The predicted octanol–water partition coefficient (Wildman–Crippen LogP) is 4.16. The van der Waals surface area contributed by atoms with Crippen molar-refractivity contribution in [3.05, 3.63) is 23.5 Å². The van der Waals surface area contributed by atoms with Crippen LogP contribution in [0.4, 0.5) is 0 Å². The molecule has 0 aliphatic heterocycles. The minimum atomic E-state index is -0.894. The van der Waals surface area contributed by atoms with Crippen molar-refractivity contribution in [3.63, 3.8) is 0 Å². The maximum Gasteiger partial charge on any atom is 0.320 e. The molecule has 0 amide bonds. The van der Waals surface area contributed by atoms with Gasteiger partial charge in [0, 0.05) is 6.92 Å². The summed E-state index contributed by atoms with van der Waals surface area (Å²) in [6.45, 7) is 11.6. The molecule has 1 aliphatic carbocycles. The maximum atomic E-state index is 12.7. The summed E-state index contributed by atoms with van der Waals surface area (Å²) in [7, 11) is 0. The lowest BCUT2D eigenvalue weighted by Gasteiger charge is -2.39. The highest BCUT2D eigenvalue weighted by molar-refractivity contribution is 5.82. The number of ether oxygens (including phenoxy) is 2. The molecule has 0 saturated heterocycles. The molecule has 4 heteroatoms. The van der Waals surface area contributed by atoms with Crippen molar-refractivity contribution in [2.45, 2.75) is 60.8 Å². The molecule has 22 heavy (non-hydrogen) atoms. The SMILES string of the molecule is CCOC(=O)C1(CC=C(C)C)CCC(C)(C)C=C1OC(C)=O. The molecule has 0 aromatic carbocycles. The fourth-order valence-corrected chi connectivity index (χ4v) is 2.64. The van der Waals surface area contributed by atoms with Crippen molar-refractivity contribution >= 4 is 11.9 Å². The summed E-state index contributed by atoms with van der Waals surface area (Å²) in [5.41, 5.74) is 0.121. The molecule has 0 radical (unpaired) electrons. The third kappa shape index (κ3) is 4.46. The summed E-state index contributed by atoms with van der Waals surface area (Å²) < 4.78 is 10.7. The smallest absolute Gasteiger partial charge is 0.320 e. The fraction of sp³-hybridized carbons (Fsp3) is 0.667. The van der Waals surface area contributed by atoms with Gasteiger partial charge in [0.15, 0.2) is 0 Å². The van der Waals surface area contributed by atoms with E-state index < -0.39 is 11.4 Å². The zero-order chi connectivity index (χ0) is 17.0. The second-order valence-corrected chi connectivity index (χ2v) is 6.88. The molecule has 0 spiro atoms. The Morgan fingerprint density at radius 3 is 2.36 bits per heavy atom. The van der Waals surface area contributed by atoms with Gasteiger partial charge >= 0.3 is 11.9 Å². The van der Waals surface area contributed by atoms with Gasteiger partial charge in [-0.3, -0.25) is 9.59 Å². The Morgan fingerprint density at radius 1 is 1.23 bits per heavy atom. The maximum absolute atomic E-state index is 12.7. The molecule has 0 aromatic heterocycles. The number of hydrogen-bond acceptors (Lipinski definition) is 4. The van der Waals surface area contributed by atoms with Crippen LogP contribution in [0.5, 0.6) is 0 Å². The second-order valence-electron chi connectivity index (χ2n) is 6.88. The highest BCUT2D eigenvalue weighted by Gasteiger charge is 2.48. The minimum Gasteiger partial charge on any atom is -0.465 e. The molecule has 124 valence electrons. The van der Waals surface area contributed by atoms with Crippen LogP contribution in [-0.2, 0) is 19.1 Å². The lowest BCUT2D eigenvalue weighted by atomic mass is 9.67. The molecule has 0 bridgehead atoms. The zero-order valence-corrected chi connectivity index (χ0v) is 14.6. The van der Waals surface area contributed by atoms with Crippen LogP contribution < -0.4 is 0 Å². The van der Waals surface area contributed by atoms with Crippen LogP contribution in [0.1, 0.15) is 60.8 Å². The Morgan fingerprint density at radius 2 is 1.86 bits per heavy atom. The quantitative estimate of drug-likeness (QED) is 0.565. The fourth-order valence-electron chi connectivity index (χ4n) is 2.64. The van der Waals surface area contributed by atoms with Crippen molar-refractivity contribution in [2.24, 2.45) is 10.8 Å². The van der Waals surface area contributed by atoms with Gasteiger partial charge in [-0.2, -0.15) is 0 Å². The lowest BCUT2D eigenvalue weighted by molar-refractivity contribution is -0.158. The zero-order valence-electron chi connectivity index (χ0n) is 14.6. The first kappa shape index (κ1) is 18.5. The molecule has 4 nitrogen and oxygen atoms in total. The van der Waals surface area contributed by atoms with E-state index in [0.29, 0.717) is 25.2 Å². The normalized spacial score (nSPS) is 23.3. The van der Waals surface area contributed by atoms with Gasteiger partial charge in [0.2, 0.25) is 0 Å². The molecule has 0 aromatic rings. The summed E-state index contributed by atoms with van der Waals surface area (Å²) in [5, 5.41) is 0. The highest BCUT2D eigenvalue weighted by atomic mass is 16.6. The Labute approximate surface area is 133 Å². The standard InChI is InChI=1S/C18H28O4/c1-7-21-16(20)18(9-8-13(2)3)11-10-17(5,6)12-15(18)22-14(4)19/h8,12H,7,9-11H2,1-6H3. The van der Waals surface area contributed by atoms with Gasteiger partial charge < -0.3 is 9.47 Å². The predicted molar refractivity (Wildman–Crippen MR) is 86.0 cm³/mol. The molecular weight excluding hydrogens is 280 g/mol. The average Bonchev–Trinajstić information content (AvgIpc) is 2.37. The summed E-state index contributed by atoms with van der Waals surface area (Å²) >= 11 is 0. The van der Waals surface area contributed by atoms with Gasteiger partial charge in [0.05, 0.1) is 6.61 Å². The Bertz CT molecular complexity index is 495. The van der Waals surface area contributed by atoms with E-state index in [-0.39, 0.29) is 11.4 Å². The van der Waals surface area contributed by atoms with Gasteiger partial charge in [-0.25, -0.2) is 0 Å². The summed E-state index contributed by atoms with van der Waals surface area (Å²) in [6.07, 6.45) is 5.86. The molecule has 0 N–H and O–H groups in total. The Balaban J connectivity index is 3.33. The van der Waals surface area contributed by atoms with Crippen LogP contribution in [0.15, 0.2) is 23.5 Å². The summed E-state index contributed by atoms with van der Waals surface area (Å²) in [6, 6.07) is 0. The largest absolute Gasteiger partial charge is 0.465 e. The number of esters is 2. The number of carbonyl (C=O) groups excluding carboxylic acids is 2. The topological polar surface area (TPSA) is 52.6 Å². The summed E-state index contributed by atoms with van der Waals surface area (Å²) in [4.78, 5) is 24.2. The second kappa shape index (κ2) is 7.12. The van der Waals surface area contributed by atoms with Crippen LogP contribution in [0.25, 0.3) is 0 Å². The molecule has 0 saturated carbocycles. The molecule has 1 rings (SSSR count). The molecule has 0 heterocycles. The molecule has 1 aliphatic rings. The first-order chi connectivity index (χ1) is 10.1. The van der Waals surface area contributed by atoms with E-state index in [1.165, 1.54) is 6.92 Å². The van der Waals surface area contributed by atoms with Crippen molar-refractivity contribution < 1.29 is 19.1 Å². The number of carbonyl (C=O) groups is 2. The lowest BCUT2D eigenvalue weighted by Crippen LogP contribution is -2.40. The van der Waals surface area contributed by atoms with Crippen LogP contribution >= 0.6 is 0 Å². The molecule has 1 unspecified atom stereocenters. The molecule has 1 atom stereocenters. The van der Waals surface area contributed by atoms with E-state index in [1.54, 1.807) is 6.92 Å². The van der Waals surface area contributed by atoms with Gasteiger partial charge in [0.25, 0.3) is 0 Å². The van der Waals surface area contributed by atoms with E-state index in [1.807, 2.05) is 26.0 Å². The van der Waals surface area contributed by atoms with Crippen LogP contribution in [0.2, 0.25) is 0 Å². The van der Waals surface area contributed by atoms with Crippen LogP contribution in [0.3, 0.4) is 0 Å². The van der Waals surface area contributed by atoms with Gasteiger partial charge in [-0.15, -0.1) is 0 Å². The number of rotatable bonds is 5. The average molecular weight is 308 g/mol. The molecule has 0 fully saturated rings. The van der Waals surface area contributed by atoms with Crippen LogP contribution in [-0.4, -0.2) is 18.5 Å². The first-order valence-corrected chi connectivity index (χ1v) is 7.85.